The van der Waals surface area contributed by atoms with Crippen molar-refractivity contribution in [3.63, 3.8) is 0 Å². The van der Waals surface area contributed by atoms with Crippen LogP contribution in [0, 0.1) is 0 Å². The number of morpholine rings is 1. The zero-order chi connectivity index (χ0) is 13.0. The molecule has 1 aliphatic heterocycles. The number of hydrogen-bond donors (Lipinski definition) is 1. The van der Waals surface area contributed by atoms with E-state index in [0.717, 1.165) is 32.7 Å². The number of thiophene rings is 1. The molecule has 1 aliphatic rings. The van der Waals surface area contributed by atoms with E-state index in [9.17, 15) is 0 Å². The van der Waals surface area contributed by atoms with Crippen LogP contribution >= 0.6 is 11.3 Å². The van der Waals surface area contributed by atoms with Crippen LogP contribution in [-0.4, -0.2) is 44.3 Å². The summed E-state index contributed by atoms with van der Waals surface area (Å²) < 4.78 is 5.96. The van der Waals surface area contributed by atoms with Crippen LogP contribution in [0.3, 0.4) is 0 Å². The zero-order valence-corrected chi connectivity index (χ0v) is 12.4. The lowest BCUT2D eigenvalue weighted by Crippen LogP contribution is -2.47. The summed E-state index contributed by atoms with van der Waals surface area (Å²) >= 11 is 1.93. The van der Waals surface area contributed by atoms with Crippen molar-refractivity contribution >= 4 is 11.3 Å². The second-order valence-electron chi connectivity index (χ2n) is 4.80. The van der Waals surface area contributed by atoms with E-state index in [1.807, 2.05) is 11.3 Å². The molecule has 2 heterocycles. The van der Waals surface area contributed by atoms with Gasteiger partial charge in [-0.15, -0.1) is 11.3 Å². The standard InChI is InChI=1S/C14H24N2OS/c1-4-11-6-7-13(18-11)14-12(10-15-5-2)17-9-8-16(14)3/h6-7,12,14-15H,4-5,8-10H2,1-3H3. The van der Waals surface area contributed by atoms with Crippen molar-refractivity contribution in [2.45, 2.75) is 32.4 Å². The molecule has 2 unspecified atom stereocenters. The highest BCUT2D eigenvalue weighted by Crippen LogP contribution is 2.33. The fourth-order valence-electron chi connectivity index (χ4n) is 2.46. The van der Waals surface area contributed by atoms with E-state index in [1.54, 1.807) is 0 Å². The molecule has 2 atom stereocenters. The lowest BCUT2D eigenvalue weighted by molar-refractivity contribution is -0.0600. The summed E-state index contributed by atoms with van der Waals surface area (Å²) in [5.41, 5.74) is 0. The summed E-state index contributed by atoms with van der Waals surface area (Å²) in [5, 5.41) is 3.41. The SMILES string of the molecule is CCNCC1OCCN(C)C1c1ccc(CC)s1. The lowest BCUT2D eigenvalue weighted by atomic mass is 10.1. The van der Waals surface area contributed by atoms with Gasteiger partial charge in [0.05, 0.1) is 18.8 Å². The van der Waals surface area contributed by atoms with Gasteiger partial charge in [0.1, 0.15) is 0 Å². The highest BCUT2D eigenvalue weighted by atomic mass is 32.1. The molecule has 1 aromatic heterocycles. The molecule has 1 fully saturated rings. The smallest absolute Gasteiger partial charge is 0.0904 e. The van der Waals surface area contributed by atoms with Gasteiger partial charge < -0.3 is 10.1 Å². The van der Waals surface area contributed by atoms with Crippen LogP contribution in [0.1, 0.15) is 29.6 Å². The largest absolute Gasteiger partial charge is 0.374 e. The van der Waals surface area contributed by atoms with Gasteiger partial charge in [-0.3, -0.25) is 4.90 Å². The van der Waals surface area contributed by atoms with Gasteiger partial charge >= 0.3 is 0 Å². The third kappa shape index (κ3) is 3.12. The van der Waals surface area contributed by atoms with Gasteiger partial charge in [0.15, 0.2) is 0 Å². The summed E-state index contributed by atoms with van der Waals surface area (Å²) in [6.07, 6.45) is 1.40. The quantitative estimate of drug-likeness (QED) is 0.887. The maximum atomic E-state index is 5.96. The molecule has 0 saturated carbocycles. The number of nitrogens with one attached hydrogen (secondary N) is 1. The molecule has 18 heavy (non-hydrogen) atoms. The Kier molecular flexibility index (Phi) is 5.18. The normalized spacial score (nSPS) is 25.5. The molecule has 102 valence electrons. The average Bonchev–Trinajstić information content (AvgIpc) is 2.84. The molecular formula is C14H24N2OS. The van der Waals surface area contributed by atoms with Gasteiger partial charge in [-0.2, -0.15) is 0 Å². The maximum absolute atomic E-state index is 5.96. The Balaban J connectivity index is 2.13. The van der Waals surface area contributed by atoms with E-state index in [0.29, 0.717) is 6.04 Å². The minimum Gasteiger partial charge on any atom is -0.374 e. The Morgan fingerprint density at radius 3 is 2.94 bits per heavy atom. The van der Waals surface area contributed by atoms with Crippen LogP contribution in [0.25, 0.3) is 0 Å². The molecule has 0 spiro atoms. The Hall–Kier alpha value is -0.420. The zero-order valence-electron chi connectivity index (χ0n) is 11.6. The van der Waals surface area contributed by atoms with Crippen LogP contribution in [0.15, 0.2) is 12.1 Å². The molecule has 4 heteroatoms. The van der Waals surface area contributed by atoms with E-state index < -0.39 is 0 Å². The minimum absolute atomic E-state index is 0.270. The minimum atomic E-state index is 0.270. The van der Waals surface area contributed by atoms with Crippen molar-refractivity contribution in [3.8, 4) is 0 Å². The summed E-state index contributed by atoms with van der Waals surface area (Å²) in [6.45, 7) is 8.15. The van der Waals surface area contributed by atoms with Crippen molar-refractivity contribution in [1.82, 2.24) is 10.2 Å². The third-order valence-corrected chi connectivity index (χ3v) is 4.82. The highest BCUT2D eigenvalue weighted by molar-refractivity contribution is 7.12. The second-order valence-corrected chi connectivity index (χ2v) is 6.00. The van der Waals surface area contributed by atoms with Crippen LogP contribution in [0.5, 0.6) is 0 Å². The first-order chi connectivity index (χ1) is 8.76. The number of aryl methyl sites for hydroxylation is 1. The molecule has 0 amide bonds. The van der Waals surface area contributed by atoms with Gasteiger partial charge in [-0.25, -0.2) is 0 Å². The van der Waals surface area contributed by atoms with E-state index in [-0.39, 0.29) is 6.10 Å². The highest BCUT2D eigenvalue weighted by Gasteiger charge is 2.32. The van der Waals surface area contributed by atoms with E-state index >= 15 is 0 Å². The van der Waals surface area contributed by atoms with Crippen molar-refractivity contribution in [3.05, 3.63) is 21.9 Å². The number of likely N-dealkylation sites (N-methyl/N-ethyl adjacent to an activating group) is 2. The Morgan fingerprint density at radius 1 is 1.44 bits per heavy atom. The first-order valence-electron chi connectivity index (χ1n) is 6.87. The molecule has 1 saturated heterocycles. The fourth-order valence-corrected chi connectivity index (χ4v) is 3.63. The molecule has 1 aromatic rings. The third-order valence-electron chi connectivity index (χ3n) is 3.52. The maximum Gasteiger partial charge on any atom is 0.0904 e. The fraction of sp³-hybridized carbons (Fsp3) is 0.714. The molecule has 0 aliphatic carbocycles. The molecular weight excluding hydrogens is 244 g/mol. The van der Waals surface area contributed by atoms with Crippen LogP contribution < -0.4 is 5.32 Å². The van der Waals surface area contributed by atoms with Crippen molar-refractivity contribution in [1.29, 1.82) is 0 Å². The predicted octanol–water partition coefficient (Wildman–Crippen LogP) is 2.29. The summed E-state index contributed by atoms with van der Waals surface area (Å²) in [6, 6.07) is 4.94. The molecule has 0 radical (unpaired) electrons. The van der Waals surface area contributed by atoms with Crippen molar-refractivity contribution < 1.29 is 4.74 Å². The topological polar surface area (TPSA) is 24.5 Å². The van der Waals surface area contributed by atoms with E-state index in [2.05, 4.69) is 43.2 Å². The molecule has 0 bridgehead atoms. The monoisotopic (exact) mass is 268 g/mol. The molecule has 0 aromatic carbocycles. The van der Waals surface area contributed by atoms with Crippen LogP contribution in [0.4, 0.5) is 0 Å². The van der Waals surface area contributed by atoms with Gasteiger partial charge in [-0.05, 0) is 32.1 Å². The van der Waals surface area contributed by atoms with Crippen molar-refractivity contribution in [2.75, 3.05) is 33.3 Å². The Morgan fingerprint density at radius 2 is 2.28 bits per heavy atom. The summed E-state index contributed by atoms with van der Waals surface area (Å²) in [7, 11) is 2.21. The number of ether oxygens (including phenoxy) is 1. The van der Waals surface area contributed by atoms with Gasteiger partial charge in [0.2, 0.25) is 0 Å². The molecule has 3 nitrogen and oxygen atoms in total. The first kappa shape index (κ1) is 14.0. The first-order valence-corrected chi connectivity index (χ1v) is 7.69. The number of nitrogens with zero attached hydrogens (tertiary/aromatic N) is 1. The Bertz CT molecular complexity index is 366. The predicted molar refractivity (Wildman–Crippen MR) is 77.4 cm³/mol. The van der Waals surface area contributed by atoms with Gasteiger partial charge in [0, 0.05) is 22.8 Å². The van der Waals surface area contributed by atoms with E-state index in [1.165, 1.54) is 9.75 Å². The van der Waals surface area contributed by atoms with Crippen molar-refractivity contribution in [2.24, 2.45) is 0 Å². The molecule has 1 N–H and O–H groups in total. The van der Waals surface area contributed by atoms with Crippen LogP contribution in [0.2, 0.25) is 0 Å². The number of rotatable bonds is 5. The number of hydrogen-bond acceptors (Lipinski definition) is 4. The summed E-state index contributed by atoms with van der Waals surface area (Å²) in [5.74, 6) is 0. The van der Waals surface area contributed by atoms with Gasteiger partial charge in [0.25, 0.3) is 0 Å². The second kappa shape index (κ2) is 6.66. The van der Waals surface area contributed by atoms with E-state index in [4.69, 9.17) is 4.74 Å². The lowest BCUT2D eigenvalue weighted by Gasteiger charge is -2.38. The van der Waals surface area contributed by atoms with Crippen LogP contribution in [-0.2, 0) is 11.2 Å². The molecule has 2 rings (SSSR count). The average molecular weight is 268 g/mol. The summed E-state index contributed by atoms with van der Waals surface area (Å²) in [4.78, 5) is 5.33. The van der Waals surface area contributed by atoms with Gasteiger partial charge in [-0.1, -0.05) is 13.8 Å². The Labute approximate surface area is 114 Å².